The van der Waals surface area contributed by atoms with Gasteiger partial charge in [-0.2, -0.15) is 0 Å². The predicted octanol–water partition coefficient (Wildman–Crippen LogP) is 2.48. The van der Waals surface area contributed by atoms with Crippen LogP contribution >= 0.6 is 15.9 Å². The van der Waals surface area contributed by atoms with Crippen molar-refractivity contribution in [2.24, 2.45) is 0 Å². The van der Waals surface area contributed by atoms with Crippen LogP contribution in [0.3, 0.4) is 0 Å². The van der Waals surface area contributed by atoms with Crippen molar-refractivity contribution in [3.8, 4) is 0 Å². The largest absolute Gasteiger partial charge is 0.342 e. The van der Waals surface area contributed by atoms with Crippen LogP contribution in [0.2, 0.25) is 0 Å². The number of aromatic nitrogens is 2. The lowest BCUT2D eigenvalue weighted by Crippen LogP contribution is -2.33. The Bertz CT molecular complexity index is 438. The molecule has 0 bridgehead atoms. The number of nitrogens with one attached hydrogen (secondary N) is 1. The molecule has 1 aliphatic rings. The number of hydrogen-bond acceptors (Lipinski definition) is 3. The van der Waals surface area contributed by atoms with Crippen LogP contribution in [0.15, 0.2) is 9.27 Å². The van der Waals surface area contributed by atoms with Gasteiger partial charge in [0.25, 0.3) is 5.56 Å². The summed E-state index contributed by atoms with van der Waals surface area (Å²) in [6.07, 6.45) is 5.48. The summed E-state index contributed by atoms with van der Waals surface area (Å²) in [4.78, 5) is 21.4. The Labute approximate surface area is 110 Å². The van der Waals surface area contributed by atoms with Crippen LogP contribution in [0.25, 0.3) is 0 Å². The molecule has 1 saturated heterocycles. The number of piperidine rings is 1. The summed E-state index contributed by atoms with van der Waals surface area (Å²) >= 11 is 3.31. The topological polar surface area (TPSA) is 49.0 Å². The Balaban J connectivity index is 2.30. The number of nitrogens with zero attached hydrogens (tertiary/aromatic N) is 2. The molecule has 1 aromatic heterocycles. The van der Waals surface area contributed by atoms with Crippen molar-refractivity contribution in [1.82, 2.24) is 9.97 Å². The molecule has 4 nitrogen and oxygen atoms in total. The molecule has 0 atom stereocenters. The minimum atomic E-state index is -0.0657. The molecule has 1 aliphatic heterocycles. The molecular formula is C12H18BrN3O. The third-order valence-electron chi connectivity index (χ3n) is 3.06. The Morgan fingerprint density at radius 3 is 2.71 bits per heavy atom. The molecule has 17 heavy (non-hydrogen) atoms. The first kappa shape index (κ1) is 12.6. The van der Waals surface area contributed by atoms with Crippen molar-refractivity contribution in [2.45, 2.75) is 39.0 Å². The minimum absolute atomic E-state index is 0.0657. The Hall–Kier alpha value is -0.840. The molecule has 2 heterocycles. The fourth-order valence-corrected chi connectivity index (χ4v) is 2.54. The van der Waals surface area contributed by atoms with E-state index >= 15 is 0 Å². The van der Waals surface area contributed by atoms with E-state index in [1.54, 1.807) is 0 Å². The number of hydrogen-bond donors (Lipinski definition) is 1. The van der Waals surface area contributed by atoms with Gasteiger partial charge in [0.1, 0.15) is 4.47 Å². The maximum Gasteiger partial charge on any atom is 0.266 e. The molecule has 1 N–H and O–H groups in total. The molecule has 1 fully saturated rings. The van der Waals surface area contributed by atoms with E-state index < -0.39 is 0 Å². The van der Waals surface area contributed by atoms with Crippen LogP contribution < -0.4 is 10.5 Å². The second-order valence-electron chi connectivity index (χ2n) is 4.45. The molecule has 5 heteroatoms. The van der Waals surface area contributed by atoms with E-state index in [2.05, 4.69) is 37.7 Å². The fraction of sp³-hybridized carbons (Fsp3) is 0.667. The van der Waals surface area contributed by atoms with Gasteiger partial charge in [-0.1, -0.05) is 13.3 Å². The third kappa shape index (κ3) is 2.89. The van der Waals surface area contributed by atoms with Gasteiger partial charge in [0, 0.05) is 13.1 Å². The Morgan fingerprint density at radius 2 is 2.06 bits per heavy atom. The Kier molecular flexibility index (Phi) is 4.20. The summed E-state index contributed by atoms with van der Waals surface area (Å²) in [5, 5.41) is 0. The van der Waals surface area contributed by atoms with Crippen molar-refractivity contribution >= 4 is 21.9 Å². The molecular weight excluding hydrogens is 282 g/mol. The summed E-state index contributed by atoms with van der Waals surface area (Å²) in [5.74, 6) is 0.737. The number of rotatable bonds is 3. The highest BCUT2D eigenvalue weighted by Crippen LogP contribution is 2.18. The van der Waals surface area contributed by atoms with Crippen molar-refractivity contribution in [3.63, 3.8) is 0 Å². The van der Waals surface area contributed by atoms with Crippen LogP contribution in [0.5, 0.6) is 0 Å². The van der Waals surface area contributed by atoms with E-state index in [1.165, 1.54) is 19.3 Å². The molecule has 0 spiro atoms. The second-order valence-corrected chi connectivity index (χ2v) is 5.24. The molecule has 0 saturated carbocycles. The molecule has 0 radical (unpaired) electrons. The maximum atomic E-state index is 11.8. The number of aromatic amines is 1. The van der Waals surface area contributed by atoms with Crippen molar-refractivity contribution in [3.05, 3.63) is 20.5 Å². The smallest absolute Gasteiger partial charge is 0.266 e. The number of anilines is 1. The van der Waals surface area contributed by atoms with Crippen LogP contribution in [-0.4, -0.2) is 23.1 Å². The van der Waals surface area contributed by atoms with Gasteiger partial charge in [-0.05, 0) is 41.6 Å². The summed E-state index contributed by atoms with van der Waals surface area (Å²) in [5.41, 5.74) is 0.806. The molecule has 2 rings (SSSR count). The number of H-pyrrole nitrogens is 1. The quantitative estimate of drug-likeness (QED) is 0.933. The summed E-state index contributed by atoms with van der Waals surface area (Å²) in [7, 11) is 0. The molecule has 0 aromatic carbocycles. The first-order valence-electron chi connectivity index (χ1n) is 6.26. The highest BCUT2D eigenvalue weighted by molar-refractivity contribution is 9.10. The van der Waals surface area contributed by atoms with Crippen molar-refractivity contribution < 1.29 is 0 Å². The van der Waals surface area contributed by atoms with E-state index in [1.807, 2.05) is 0 Å². The van der Waals surface area contributed by atoms with Gasteiger partial charge in [0.15, 0.2) is 0 Å². The highest BCUT2D eigenvalue weighted by atomic mass is 79.9. The SMILES string of the molecule is CCCc1nc(N2CCCCC2)[nH]c(=O)c1Br. The third-order valence-corrected chi connectivity index (χ3v) is 3.88. The standard InChI is InChI=1S/C12H18BrN3O/c1-2-6-9-10(13)11(17)15-12(14-9)16-7-4-3-5-8-16/h2-8H2,1H3,(H,14,15,17). The Morgan fingerprint density at radius 1 is 1.35 bits per heavy atom. The van der Waals surface area contributed by atoms with Crippen LogP contribution in [0.4, 0.5) is 5.95 Å². The average Bonchev–Trinajstić information content (AvgIpc) is 2.36. The van der Waals surface area contributed by atoms with Gasteiger partial charge >= 0.3 is 0 Å². The van der Waals surface area contributed by atoms with E-state index in [-0.39, 0.29) is 5.56 Å². The molecule has 0 unspecified atom stereocenters. The van der Waals surface area contributed by atoms with Gasteiger partial charge in [-0.25, -0.2) is 4.98 Å². The fourth-order valence-electron chi connectivity index (χ4n) is 2.15. The lowest BCUT2D eigenvalue weighted by Gasteiger charge is -2.27. The zero-order valence-corrected chi connectivity index (χ0v) is 11.7. The van der Waals surface area contributed by atoms with Crippen LogP contribution in [0.1, 0.15) is 38.3 Å². The zero-order chi connectivity index (χ0) is 12.3. The van der Waals surface area contributed by atoms with Gasteiger partial charge in [0.2, 0.25) is 5.95 Å². The van der Waals surface area contributed by atoms with E-state index in [0.717, 1.165) is 37.6 Å². The summed E-state index contributed by atoms with van der Waals surface area (Å²) in [6.45, 7) is 4.09. The second kappa shape index (κ2) is 5.67. The molecule has 0 amide bonds. The van der Waals surface area contributed by atoms with E-state index in [0.29, 0.717) is 4.47 Å². The minimum Gasteiger partial charge on any atom is -0.342 e. The maximum absolute atomic E-state index is 11.8. The van der Waals surface area contributed by atoms with Crippen LogP contribution in [-0.2, 0) is 6.42 Å². The lowest BCUT2D eigenvalue weighted by molar-refractivity contribution is 0.566. The van der Waals surface area contributed by atoms with Crippen LogP contribution in [0, 0.1) is 0 Å². The van der Waals surface area contributed by atoms with Gasteiger partial charge in [0.05, 0.1) is 5.69 Å². The van der Waals surface area contributed by atoms with Crippen molar-refractivity contribution in [1.29, 1.82) is 0 Å². The van der Waals surface area contributed by atoms with Gasteiger partial charge in [-0.15, -0.1) is 0 Å². The first-order chi connectivity index (χ1) is 8.22. The zero-order valence-electron chi connectivity index (χ0n) is 10.1. The highest BCUT2D eigenvalue weighted by Gasteiger charge is 2.15. The molecule has 0 aliphatic carbocycles. The average molecular weight is 300 g/mol. The molecule has 94 valence electrons. The summed E-state index contributed by atoms with van der Waals surface area (Å²) in [6, 6.07) is 0. The lowest BCUT2D eigenvalue weighted by atomic mass is 10.1. The van der Waals surface area contributed by atoms with E-state index in [9.17, 15) is 4.79 Å². The van der Waals surface area contributed by atoms with Gasteiger partial charge in [-0.3, -0.25) is 9.78 Å². The monoisotopic (exact) mass is 299 g/mol. The number of halogens is 1. The van der Waals surface area contributed by atoms with E-state index in [4.69, 9.17) is 0 Å². The normalized spacial score (nSPS) is 16.2. The van der Waals surface area contributed by atoms with Gasteiger partial charge < -0.3 is 4.90 Å². The molecule has 1 aromatic rings. The van der Waals surface area contributed by atoms with Crippen molar-refractivity contribution in [2.75, 3.05) is 18.0 Å². The predicted molar refractivity (Wildman–Crippen MR) is 72.6 cm³/mol. The summed E-state index contributed by atoms with van der Waals surface area (Å²) < 4.78 is 0.583. The number of aryl methyl sites for hydroxylation is 1. The first-order valence-corrected chi connectivity index (χ1v) is 7.05.